The molecule has 0 unspecified atom stereocenters. The van der Waals surface area contributed by atoms with Crippen LogP contribution in [-0.4, -0.2) is 34.7 Å². The number of halogens is 1. The van der Waals surface area contributed by atoms with Gasteiger partial charge < -0.3 is 9.64 Å². The van der Waals surface area contributed by atoms with Gasteiger partial charge in [0.25, 0.3) is 0 Å². The van der Waals surface area contributed by atoms with Crippen molar-refractivity contribution in [1.82, 2.24) is 9.88 Å². The molecule has 8 heteroatoms. The van der Waals surface area contributed by atoms with Crippen LogP contribution in [-0.2, 0) is 10.3 Å². The van der Waals surface area contributed by atoms with E-state index in [2.05, 4.69) is 30.9 Å². The van der Waals surface area contributed by atoms with Gasteiger partial charge in [-0.1, -0.05) is 5.11 Å². The van der Waals surface area contributed by atoms with Gasteiger partial charge in [-0.3, -0.25) is 4.98 Å². The minimum Gasteiger partial charge on any atom is -0.444 e. The zero-order chi connectivity index (χ0) is 15.7. The predicted octanol–water partition coefficient (Wildman–Crippen LogP) is 3.60. The first kappa shape index (κ1) is 15.6. The van der Waals surface area contributed by atoms with E-state index in [0.29, 0.717) is 5.69 Å². The monoisotopic (exact) mass is 353 g/mol. The lowest BCUT2D eigenvalue weighted by Crippen LogP contribution is -2.61. The van der Waals surface area contributed by atoms with Gasteiger partial charge in [-0.25, -0.2) is 4.79 Å². The van der Waals surface area contributed by atoms with Crippen molar-refractivity contribution in [3.8, 4) is 0 Å². The van der Waals surface area contributed by atoms with Gasteiger partial charge in [0.1, 0.15) is 11.1 Å². The Balaban J connectivity index is 2.13. The summed E-state index contributed by atoms with van der Waals surface area (Å²) in [5.41, 5.74) is 8.06. The quantitative estimate of drug-likeness (QED) is 0.461. The lowest BCUT2D eigenvalue weighted by molar-refractivity contribution is -0.00950. The van der Waals surface area contributed by atoms with Crippen molar-refractivity contribution < 1.29 is 9.53 Å². The number of hydrogen-bond acceptors (Lipinski definition) is 4. The third-order valence-electron chi connectivity index (χ3n) is 3.00. The Bertz CT molecular complexity index is 584. The molecular weight excluding hydrogens is 338 g/mol. The first-order chi connectivity index (χ1) is 9.76. The van der Waals surface area contributed by atoms with Crippen LogP contribution in [0.1, 0.15) is 26.5 Å². The minimum absolute atomic E-state index is 0.264. The summed E-state index contributed by atoms with van der Waals surface area (Å²) < 4.78 is 6.13. The van der Waals surface area contributed by atoms with Crippen LogP contribution in [0.3, 0.4) is 0 Å². The number of likely N-dealkylation sites (tertiary alicyclic amines) is 1. The second-order valence-electron chi connectivity index (χ2n) is 5.92. The van der Waals surface area contributed by atoms with Gasteiger partial charge in [-0.15, -0.1) is 0 Å². The van der Waals surface area contributed by atoms with Crippen molar-refractivity contribution in [3.05, 3.63) is 38.9 Å². The van der Waals surface area contributed by atoms with Crippen LogP contribution in [0.15, 0.2) is 27.9 Å². The number of azide groups is 1. The fourth-order valence-electron chi connectivity index (χ4n) is 2.05. The van der Waals surface area contributed by atoms with Crippen LogP contribution in [0.5, 0.6) is 0 Å². The molecule has 7 nitrogen and oxygen atoms in total. The Morgan fingerprint density at radius 2 is 2.19 bits per heavy atom. The van der Waals surface area contributed by atoms with E-state index < -0.39 is 17.2 Å². The number of nitrogens with zero attached hydrogens (tertiary/aromatic N) is 5. The molecule has 0 N–H and O–H groups in total. The second-order valence-corrected chi connectivity index (χ2v) is 6.83. The van der Waals surface area contributed by atoms with Gasteiger partial charge in [0.2, 0.25) is 0 Å². The summed E-state index contributed by atoms with van der Waals surface area (Å²) in [7, 11) is 0. The molecule has 0 atom stereocenters. The van der Waals surface area contributed by atoms with Crippen LogP contribution in [0.4, 0.5) is 4.79 Å². The van der Waals surface area contributed by atoms with Gasteiger partial charge >= 0.3 is 6.09 Å². The summed E-state index contributed by atoms with van der Waals surface area (Å²) in [5, 5.41) is 3.84. The zero-order valence-corrected chi connectivity index (χ0v) is 13.7. The molecule has 0 radical (unpaired) electrons. The maximum absolute atomic E-state index is 12.0. The number of ether oxygens (including phenoxy) is 1. The molecule has 0 spiro atoms. The van der Waals surface area contributed by atoms with Gasteiger partial charge in [-0.05, 0) is 54.4 Å². The summed E-state index contributed by atoms with van der Waals surface area (Å²) in [4.78, 5) is 20.6. The highest BCUT2D eigenvalue weighted by atomic mass is 79.9. The number of pyridine rings is 1. The van der Waals surface area contributed by atoms with Gasteiger partial charge in [0.15, 0.2) is 0 Å². The smallest absolute Gasteiger partial charge is 0.410 e. The topological polar surface area (TPSA) is 91.2 Å². The Labute approximate surface area is 131 Å². The Morgan fingerprint density at radius 3 is 2.67 bits per heavy atom. The summed E-state index contributed by atoms with van der Waals surface area (Å²) >= 11 is 3.31. The fourth-order valence-corrected chi connectivity index (χ4v) is 2.29. The summed E-state index contributed by atoms with van der Waals surface area (Å²) in [5.74, 6) is 0. The fraction of sp³-hybridized carbons (Fsp3) is 0.538. The van der Waals surface area contributed by atoms with Crippen molar-refractivity contribution in [3.63, 3.8) is 0 Å². The largest absolute Gasteiger partial charge is 0.444 e. The van der Waals surface area contributed by atoms with Crippen molar-refractivity contribution in [2.45, 2.75) is 31.9 Å². The first-order valence-electron chi connectivity index (χ1n) is 6.42. The van der Waals surface area contributed by atoms with E-state index in [4.69, 9.17) is 10.3 Å². The van der Waals surface area contributed by atoms with E-state index in [1.807, 2.05) is 26.8 Å². The predicted molar refractivity (Wildman–Crippen MR) is 80.6 cm³/mol. The number of rotatable bonds is 2. The van der Waals surface area contributed by atoms with Crippen molar-refractivity contribution in [2.75, 3.05) is 13.1 Å². The van der Waals surface area contributed by atoms with E-state index in [0.717, 1.165) is 4.47 Å². The highest BCUT2D eigenvalue weighted by Gasteiger charge is 2.48. The Morgan fingerprint density at radius 1 is 1.52 bits per heavy atom. The molecule has 2 rings (SSSR count). The SMILES string of the molecule is CC(C)(C)OC(=O)N1CC(N=[N+]=[N-])(c2ccc(Br)cn2)C1. The Hall–Kier alpha value is -1.79. The number of hydrogen-bond donors (Lipinski definition) is 0. The normalized spacial score (nSPS) is 16.7. The third kappa shape index (κ3) is 3.46. The van der Waals surface area contributed by atoms with Crippen LogP contribution >= 0.6 is 15.9 Å². The molecule has 0 bridgehead atoms. The lowest BCUT2D eigenvalue weighted by atomic mass is 9.87. The maximum Gasteiger partial charge on any atom is 0.410 e. The molecular formula is C13H16BrN5O2. The zero-order valence-electron chi connectivity index (χ0n) is 12.1. The summed E-state index contributed by atoms with van der Waals surface area (Å²) in [6, 6.07) is 3.61. The van der Waals surface area contributed by atoms with Crippen LogP contribution in [0.25, 0.3) is 10.4 Å². The molecule has 0 saturated carbocycles. The van der Waals surface area contributed by atoms with E-state index >= 15 is 0 Å². The van der Waals surface area contributed by atoms with Crippen LogP contribution in [0, 0.1) is 0 Å². The molecule has 1 aliphatic rings. The number of aromatic nitrogens is 1. The molecule has 2 heterocycles. The molecule has 0 aliphatic carbocycles. The van der Waals surface area contributed by atoms with Gasteiger partial charge in [-0.2, -0.15) is 0 Å². The summed E-state index contributed by atoms with van der Waals surface area (Å²) in [6.45, 7) is 5.95. The first-order valence-corrected chi connectivity index (χ1v) is 7.21. The molecule has 112 valence electrons. The van der Waals surface area contributed by atoms with E-state index in [1.54, 1.807) is 12.3 Å². The number of amides is 1. The van der Waals surface area contributed by atoms with Crippen molar-refractivity contribution in [2.24, 2.45) is 5.11 Å². The molecule has 0 aromatic carbocycles. The minimum atomic E-state index is -0.813. The number of carbonyl (C=O) groups excluding carboxylic acids is 1. The van der Waals surface area contributed by atoms with E-state index in [-0.39, 0.29) is 13.1 Å². The van der Waals surface area contributed by atoms with Crippen LogP contribution in [0.2, 0.25) is 0 Å². The Kier molecular flexibility index (Phi) is 4.11. The maximum atomic E-state index is 12.0. The highest BCUT2D eigenvalue weighted by Crippen LogP contribution is 2.36. The van der Waals surface area contributed by atoms with Gasteiger partial charge in [0, 0.05) is 28.7 Å². The number of carbonyl (C=O) groups is 1. The summed E-state index contributed by atoms with van der Waals surface area (Å²) in [6.07, 6.45) is 1.23. The average molecular weight is 354 g/mol. The molecule has 1 fully saturated rings. The van der Waals surface area contributed by atoms with E-state index in [1.165, 1.54) is 4.90 Å². The van der Waals surface area contributed by atoms with Crippen molar-refractivity contribution in [1.29, 1.82) is 0 Å². The molecule has 1 amide bonds. The van der Waals surface area contributed by atoms with E-state index in [9.17, 15) is 4.79 Å². The molecule has 1 saturated heterocycles. The van der Waals surface area contributed by atoms with Crippen LogP contribution < -0.4 is 0 Å². The molecule has 1 aliphatic heterocycles. The lowest BCUT2D eigenvalue weighted by Gasteiger charge is -2.46. The third-order valence-corrected chi connectivity index (χ3v) is 3.47. The molecule has 1 aromatic rings. The molecule has 1 aromatic heterocycles. The second kappa shape index (κ2) is 5.54. The van der Waals surface area contributed by atoms with Crippen molar-refractivity contribution >= 4 is 22.0 Å². The standard InChI is InChI=1S/C13H16BrN5O2/c1-12(2,3)21-11(20)19-7-13(8-19,17-18-15)10-5-4-9(14)6-16-10/h4-6H,7-8H2,1-3H3. The highest BCUT2D eigenvalue weighted by molar-refractivity contribution is 9.10. The van der Waals surface area contributed by atoms with Gasteiger partial charge in [0.05, 0.1) is 5.69 Å². The molecule has 21 heavy (non-hydrogen) atoms. The average Bonchev–Trinajstić information content (AvgIpc) is 2.32.